The maximum Gasteiger partial charge on any atom is 0.254 e. The fraction of sp³-hybridized carbons (Fsp3) is 0.440. The summed E-state index contributed by atoms with van der Waals surface area (Å²) in [5, 5.41) is 2.95. The number of nitrogens with one attached hydrogen (secondary N) is 1. The summed E-state index contributed by atoms with van der Waals surface area (Å²) in [5.74, 6) is 0.848. The van der Waals surface area contributed by atoms with E-state index in [-0.39, 0.29) is 17.9 Å². The third-order valence-corrected chi connectivity index (χ3v) is 6.41. The molecule has 2 saturated heterocycles. The van der Waals surface area contributed by atoms with Crippen molar-refractivity contribution >= 4 is 11.8 Å². The van der Waals surface area contributed by atoms with E-state index >= 15 is 0 Å². The normalized spacial score (nSPS) is 20.9. The van der Waals surface area contributed by atoms with Crippen LogP contribution in [0, 0.1) is 0 Å². The molecule has 0 saturated carbocycles. The number of hydrogen-bond donors (Lipinski definition) is 1. The fourth-order valence-electron chi connectivity index (χ4n) is 4.59. The zero-order valence-electron chi connectivity index (χ0n) is 18.3. The van der Waals surface area contributed by atoms with Crippen molar-refractivity contribution < 1.29 is 14.3 Å². The van der Waals surface area contributed by atoms with Crippen molar-refractivity contribution in [3.05, 3.63) is 65.2 Å². The Hall–Kier alpha value is -2.86. The number of rotatable bonds is 6. The highest BCUT2D eigenvalue weighted by Gasteiger charge is 2.36. The molecule has 2 heterocycles. The van der Waals surface area contributed by atoms with E-state index in [1.54, 1.807) is 7.11 Å². The van der Waals surface area contributed by atoms with Crippen molar-refractivity contribution in [3.63, 3.8) is 0 Å². The van der Waals surface area contributed by atoms with E-state index in [9.17, 15) is 9.59 Å². The van der Waals surface area contributed by atoms with E-state index in [0.717, 1.165) is 36.5 Å². The molecule has 2 aliphatic heterocycles. The summed E-state index contributed by atoms with van der Waals surface area (Å²) < 4.78 is 5.14. The Labute approximate surface area is 184 Å². The van der Waals surface area contributed by atoms with Crippen LogP contribution < -0.4 is 10.1 Å². The molecular weight excluding hydrogens is 390 g/mol. The molecule has 2 aliphatic rings. The molecule has 0 aromatic heterocycles. The van der Waals surface area contributed by atoms with E-state index in [1.807, 2.05) is 53.4 Å². The minimum atomic E-state index is -0.0337. The maximum absolute atomic E-state index is 13.1. The molecule has 164 valence electrons. The van der Waals surface area contributed by atoms with Gasteiger partial charge in [0.25, 0.3) is 5.91 Å². The van der Waals surface area contributed by atoms with E-state index in [2.05, 4.69) is 17.1 Å². The highest BCUT2D eigenvalue weighted by Crippen LogP contribution is 2.25. The SMILES string of the molecule is COc1ccc(CC(=O)NCc2ccc(C(=O)N3CC4CCCN4CC3C)cc2)cc1. The smallest absolute Gasteiger partial charge is 0.254 e. The monoisotopic (exact) mass is 421 g/mol. The number of nitrogens with zero attached hydrogens (tertiary/aromatic N) is 2. The third-order valence-electron chi connectivity index (χ3n) is 6.41. The van der Waals surface area contributed by atoms with Gasteiger partial charge < -0.3 is 15.0 Å². The van der Waals surface area contributed by atoms with E-state index in [4.69, 9.17) is 4.74 Å². The lowest BCUT2D eigenvalue weighted by Gasteiger charge is -2.42. The Morgan fingerprint density at radius 2 is 1.74 bits per heavy atom. The standard InChI is InChI=1S/C25H31N3O3/c1-18-16-27-13-3-4-22(27)17-28(18)25(30)21-9-5-20(6-10-21)15-26-24(29)14-19-7-11-23(31-2)12-8-19/h5-12,18,22H,3-4,13-17H2,1-2H3,(H,26,29). The summed E-state index contributed by atoms with van der Waals surface area (Å²) >= 11 is 0. The first kappa shape index (κ1) is 21.4. The zero-order valence-corrected chi connectivity index (χ0v) is 18.3. The first-order valence-electron chi connectivity index (χ1n) is 11.1. The lowest BCUT2D eigenvalue weighted by atomic mass is 10.0. The van der Waals surface area contributed by atoms with Gasteiger partial charge in [-0.1, -0.05) is 24.3 Å². The van der Waals surface area contributed by atoms with Gasteiger partial charge in [0.2, 0.25) is 5.91 Å². The van der Waals surface area contributed by atoms with Gasteiger partial charge in [-0.3, -0.25) is 14.5 Å². The van der Waals surface area contributed by atoms with Crippen LogP contribution in [0.2, 0.25) is 0 Å². The quantitative estimate of drug-likeness (QED) is 0.779. The molecule has 2 atom stereocenters. The molecule has 2 aromatic carbocycles. The highest BCUT2D eigenvalue weighted by atomic mass is 16.5. The Morgan fingerprint density at radius 1 is 1.03 bits per heavy atom. The highest BCUT2D eigenvalue weighted by molar-refractivity contribution is 5.94. The third kappa shape index (κ3) is 5.07. The first-order chi connectivity index (χ1) is 15.0. The van der Waals surface area contributed by atoms with E-state index in [1.165, 1.54) is 12.8 Å². The zero-order chi connectivity index (χ0) is 21.8. The number of ether oxygens (including phenoxy) is 1. The molecule has 4 rings (SSSR count). The number of piperazine rings is 1. The average molecular weight is 422 g/mol. The van der Waals surface area contributed by atoms with Crippen LogP contribution in [0.3, 0.4) is 0 Å². The first-order valence-corrected chi connectivity index (χ1v) is 11.1. The molecular formula is C25H31N3O3. The van der Waals surface area contributed by atoms with Gasteiger partial charge in [-0.2, -0.15) is 0 Å². The van der Waals surface area contributed by atoms with Crippen LogP contribution in [0.4, 0.5) is 0 Å². The Bertz CT molecular complexity index is 911. The number of amides is 2. The second-order valence-corrected chi connectivity index (χ2v) is 8.60. The molecule has 31 heavy (non-hydrogen) atoms. The molecule has 0 aliphatic carbocycles. The average Bonchev–Trinajstić information content (AvgIpc) is 3.25. The van der Waals surface area contributed by atoms with Crippen molar-refractivity contribution in [3.8, 4) is 5.75 Å². The summed E-state index contributed by atoms with van der Waals surface area (Å²) in [6.45, 7) is 5.54. The molecule has 2 unspecified atom stereocenters. The van der Waals surface area contributed by atoms with Gasteiger partial charge in [-0.15, -0.1) is 0 Å². The molecule has 6 nitrogen and oxygen atoms in total. The molecule has 0 spiro atoms. The number of benzene rings is 2. The number of carbonyl (C=O) groups is 2. The topological polar surface area (TPSA) is 61.9 Å². The molecule has 0 bridgehead atoms. The Morgan fingerprint density at radius 3 is 2.45 bits per heavy atom. The predicted octanol–water partition coefficient (Wildman–Crippen LogP) is 2.86. The molecule has 1 N–H and O–H groups in total. The van der Waals surface area contributed by atoms with Crippen molar-refractivity contribution in [2.75, 3.05) is 26.7 Å². The largest absolute Gasteiger partial charge is 0.497 e. The summed E-state index contributed by atoms with van der Waals surface area (Å²) in [5.41, 5.74) is 2.63. The second-order valence-electron chi connectivity index (χ2n) is 8.60. The van der Waals surface area contributed by atoms with Crippen LogP contribution in [-0.2, 0) is 17.8 Å². The lowest BCUT2D eigenvalue weighted by Crippen LogP contribution is -2.56. The van der Waals surface area contributed by atoms with Gasteiger partial charge in [-0.05, 0) is 61.7 Å². The minimum absolute atomic E-state index is 0.0337. The van der Waals surface area contributed by atoms with Gasteiger partial charge in [0, 0.05) is 37.3 Å². The number of fused-ring (bicyclic) bond motifs is 1. The summed E-state index contributed by atoms with van der Waals surface area (Å²) in [6.07, 6.45) is 2.75. The molecule has 2 amide bonds. The van der Waals surface area contributed by atoms with Crippen LogP contribution >= 0.6 is 0 Å². The maximum atomic E-state index is 13.1. The Balaban J connectivity index is 1.29. The van der Waals surface area contributed by atoms with Gasteiger partial charge >= 0.3 is 0 Å². The van der Waals surface area contributed by atoms with Crippen LogP contribution in [0.15, 0.2) is 48.5 Å². The van der Waals surface area contributed by atoms with E-state index < -0.39 is 0 Å². The van der Waals surface area contributed by atoms with Crippen LogP contribution in [0.5, 0.6) is 5.75 Å². The Kier molecular flexibility index (Phi) is 6.56. The molecule has 2 fully saturated rings. The van der Waals surface area contributed by atoms with Crippen molar-refractivity contribution in [2.24, 2.45) is 0 Å². The molecule has 0 radical (unpaired) electrons. The molecule has 6 heteroatoms. The van der Waals surface area contributed by atoms with Gasteiger partial charge in [0.1, 0.15) is 5.75 Å². The summed E-state index contributed by atoms with van der Waals surface area (Å²) in [6, 6.07) is 15.9. The van der Waals surface area contributed by atoms with E-state index in [0.29, 0.717) is 24.6 Å². The van der Waals surface area contributed by atoms with Crippen LogP contribution in [0.25, 0.3) is 0 Å². The number of carbonyl (C=O) groups excluding carboxylic acids is 2. The van der Waals surface area contributed by atoms with Crippen molar-refractivity contribution in [1.82, 2.24) is 15.1 Å². The summed E-state index contributed by atoms with van der Waals surface area (Å²) in [7, 11) is 1.62. The minimum Gasteiger partial charge on any atom is -0.497 e. The van der Waals surface area contributed by atoms with Gasteiger partial charge in [-0.25, -0.2) is 0 Å². The lowest BCUT2D eigenvalue weighted by molar-refractivity contribution is -0.120. The fourth-order valence-corrected chi connectivity index (χ4v) is 4.59. The van der Waals surface area contributed by atoms with Crippen molar-refractivity contribution in [2.45, 2.75) is 44.8 Å². The summed E-state index contributed by atoms with van der Waals surface area (Å²) in [4.78, 5) is 29.8. The molecule has 2 aromatic rings. The number of methoxy groups -OCH3 is 1. The van der Waals surface area contributed by atoms with Gasteiger partial charge in [0.15, 0.2) is 0 Å². The predicted molar refractivity (Wildman–Crippen MR) is 120 cm³/mol. The second kappa shape index (κ2) is 9.52. The van der Waals surface area contributed by atoms with Crippen molar-refractivity contribution in [1.29, 1.82) is 0 Å². The van der Waals surface area contributed by atoms with Crippen LogP contribution in [-0.4, -0.2) is 60.4 Å². The number of hydrogen-bond acceptors (Lipinski definition) is 4. The van der Waals surface area contributed by atoms with Gasteiger partial charge in [0.05, 0.1) is 13.5 Å². The van der Waals surface area contributed by atoms with Crippen LogP contribution in [0.1, 0.15) is 41.3 Å².